The van der Waals surface area contributed by atoms with Crippen LogP contribution in [-0.4, -0.2) is 48.2 Å². The summed E-state index contributed by atoms with van der Waals surface area (Å²) in [5, 5.41) is 13.3. The van der Waals surface area contributed by atoms with Gasteiger partial charge in [0.2, 0.25) is 5.91 Å². The summed E-state index contributed by atoms with van der Waals surface area (Å²) in [5.41, 5.74) is 0. The van der Waals surface area contributed by atoms with Crippen LogP contribution >= 0.6 is 11.3 Å². The van der Waals surface area contributed by atoms with E-state index in [1.165, 1.54) is 17.7 Å². The molecule has 0 aromatic carbocycles. The van der Waals surface area contributed by atoms with Crippen molar-refractivity contribution < 1.29 is 9.59 Å². The van der Waals surface area contributed by atoms with Crippen LogP contribution in [0, 0.1) is 0 Å². The van der Waals surface area contributed by atoms with Gasteiger partial charge in [-0.3, -0.25) is 19.4 Å². The van der Waals surface area contributed by atoms with Gasteiger partial charge in [0.1, 0.15) is 18.5 Å². The fraction of sp³-hybridized carbons (Fsp3) is 0.353. The van der Waals surface area contributed by atoms with E-state index in [1.807, 2.05) is 17.0 Å². The normalized spacial score (nSPS) is 16.6. The summed E-state index contributed by atoms with van der Waals surface area (Å²) in [6.45, 7) is 1.26. The van der Waals surface area contributed by atoms with Gasteiger partial charge >= 0.3 is 0 Å². The van der Waals surface area contributed by atoms with Gasteiger partial charge in [0, 0.05) is 23.9 Å². The summed E-state index contributed by atoms with van der Waals surface area (Å²) in [6.07, 6.45) is 6.92. The quantitative estimate of drug-likeness (QED) is 0.675. The zero-order valence-corrected chi connectivity index (χ0v) is 15.4. The minimum absolute atomic E-state index is 0.0342. The van der Waals surface area contributed by atoms with Gasteiger partial charge in [-0.25, -0.2) is 4.98 Å². The Kier molecular flexibility index (Phi) is 4.97. The van der Waals surface area contributed by atoms with Crippen LogP contribution in [0.4, 0.5) is 5.82 Å². The van der Waals surface area contributed by atoms with Gasteiger partial charge in [-0.15, -0.1) is 11.3 Å². The van der Waals surface area contributed by atoms with E-state index in [9.17, 15) is 9.59 Å². The van der Waals surface area contributed by atoms with E-state index in [2.05, 4.69) is 25.6 Å². The minimum Gasteiger partial charge on any atom is -0.335 e. The van der Waals surface area contributed by atoms with Gasteiger partial charge in [0.25, 0.3) is 5.91 Å². The summed E-state index contributed by atoms with van der Waals surface area (Å²) in [4.78, 5) is 32.5. The molecule has 27 heavy (non-hydrogen) atoms. The Morgan fingerprint density at radius 3 is 3.04 bits per heavy atom. The molecule has 4 rings (SSSR count). The Hall–Kier alpha value is -3.01. The van der Waals surface area contributed by atoms with Crippen molar-refractivity contribution in [1.29, 1.82) is 0 Å². The van der Waals surface area contributed by atoms with Crippen LogP contribution in [0.25, 0.3) is 0 Å². The van der Waals surface area contributed by atoms with Gasteiger partial charge in [0.05, 0.1) is 23.7 Å². The molecule has 4 heterocycles. The number of H-pyrrole nitrogens is 1. The van der Waals surface area contributed by atoms with Crippen molar-refractivity contribution in [2.75, 3.05) is 11.9 Å². The molecule has 2 N–H and O–H groups in total. The summed E-state index contributed by atoms with van der Waals surface area (Å²) in [5.74, 6) is 0.475. The Morgan fingerprint density at radius 1 is 1.33 bits per heavy atom. The number of thiophene rings is 1. The van der Waals surface area contributed by atoms with Gasteiger partial charge < -0.3 is 10.2 Å². The second-order valence-electron chi connectivity index (χ2n) is 6.28. The highest BCUT2D eigenvalue weighted by Crippen LogP contribution is 2.36. The van der Waals surface area contributed by atoms with E-state index in [4.69, 9.17) is 0 Å². The molecular formula is C17H19N7O2S. The Balaban J connectivity index is 1.40. The fourth-order valence-electron chi connectivity index (χ4n) is 3.23. The number of anilines is 1. The average molecular weight is 385 g/mol. The van der Waals surface area contributed by atoms with Crippen molar-refractivity contribution in [3.8, 4) is 0 Å². The Bertz CT molecular complexity index is 904. The number of nitrogens with one attached hydrogen (secondary N) is 2. The number of aromatic nitrogens is 5. The number of hydrogen-bond acceptors (Lipinski definition) is 6. The maximum Gasteiger partial charge on any atom is 0.266 e. The number of carbonyl (C=O) groups is 2. The third-order valence-electron chi connectivity index (χ3n) is 4.52. The molecule has 2 amide bonds. The van der Waals surface area contributed by atoms with Crippen LogP contribution in [-0.2, 0) is 11.3 Å². The standard InChI is InChI=1S/C17H19N7O2S/c25-16(6-9-23-11-18-10-20-23)24-8-1-2-12(24)13-3-4-14(27-13)17(26)21-15-5-7-19-22-15/h3-5,7,10-12H,1-2,6,8-9H2,(H2,19,21,22,26)/t12-/m0/s1. The monoisotopic (exact) mass is 385 g/mol. The van der Waals surface area contributed by atoms with Crippen LogP contribution in [0.1, 0.15) is 39.9 Å². The Morgan fingerprint density at radius 2 is 2.26 bits per heavy atom. The van der Waals surface area contributed by atoms with Crippen LogP contribution in [0.2, 0.25) is 0 Å². The number of carbonyl (C=O) groups excluding carboxylic acids is 2. The first-order valence-electron chi connectivity index (χ1n) is 8.73. The van der Waals surface area contributed by atoms with Gasteiger partial charge in [-0.05, 0) is 25.0 Å². The summed E-state index contributed by atoms with van der Waals surface area (Å²) in [7, 11) is 0. The molecule has 0 bridgehead atoms. The largest absolute Gasteiger partial charge is 0.335 e. The molecule has 1 aliphatic rings. The van der Waals surface area contributed by atoms with Crippen molar-refractivity contribution in [2.45, 2.75) is 31.8 Å². The molecule has 1 fully saturated rings. The van der Waals surface area contributed by atoms with Crippen molar-refractivity contribution in [1.82, 2.24) is 29.9 Å². The van der Waals surface area contributed by atoms with Gasteiger partial charge in [-0.1, -0.05) is 0 Å². The lowest BCUT2D eigenvalue weighted by atomic mass is 10.2. The number of aryl methyl sites for hydroxylation is 1. The van der Waals surface area contributed by atoms with Gasteiger partial charge in [-0.2, -0.15) is 10.2 Å². The van der Waals surface area contributed by atoms with E-state index in [1.54, 1.807) is 23.3 Å². The SMILES string of the molecule is O=C(Nc1ccn[nH]1)c1ccc([C@@H]2CCCN2C(=O)CCn2cncn2)s1. The molecule has 0 saturated carbocycles. The van der Waals surface area contributed by atoms with Crippen molar-refractivity contribution in [3.05, 3.63) is 46.8 Å². The maximum absolute atomic E-state index is 12.7. The molecule has 0 aliphatic carbocycles. The molecule has 9 nitrogen and oxygen atoms in total. The highest BCUT2D eigenvalue weighted by atomic mass is 32.1. The fourth-order valence-corrected chi connectivity index (χ4v) is 4.28. The number of aromatic amines is 1. The van der Waals surface area contributed by atoms with Crippen LogP contribution in [0.5, 0.6) is 0 Å². The van der Waals surface area contributed by atoms with E-state index in [-0.39, 0.29) is 17.9 Å². The number of amides is 2. The van der Waals surface area contributed by atoms with E-state index in [0.717, 1.165) is 24.3 Å². The first-order valence-corrected chi connectivity index (χ1v) is 9.55. The third kappa shape index (κ3) is 3.90. The molecule has 0 radical (unpaired) electrons. The smallest absolute Gasteiger partial charge is 0.266 e. The zero-order chi connectivity index (χ0) is 18.6. The van der Waals surface area contributed by atoms with E-state index in [0.29, 0.717) is 23.7 Å². The Labute approximate surface area is 159 Å². The predicted molar refractivity (Wildman–Crippen MR) is 99.2 cm³/mol. The highest BCUT2D eigenvalue weighted by Gasteiger charge is 2.31. The predicted octanol–water partition coefficient (Wildman–Crippen LogP) is 2.07. The zero-order valence-electron chi connectivity index (χ0n) is 14.5. The molecule has 0 unspecified atom stereocenters. The first-order chi connectivity index (χ1) is 13.2. The van der Waals surface area contributed by atoms with E-state index >= 15 is 0 Å². The number of rotatable bonds is 6. The number of likely N-dealkylation sites (tertiary alicyclic amines) is 1. The lowest BCUT2D eigenvalue weighted by Crippen LogP contribution is -2.30. The molecule has 1 atom stereocenters. The second-order valence-corrected chi connectivity index (χ2v) is 7.40. The second kappa shape index (κ2) is 7.70. The maximum atomic E-state index is 12.7. The molecule has 140 valence electrons. The summed E-state index contributed by atoms with van der Waals surface area (Å²) >= 11 is 1.43. The van der Waals surface area contributed by atoms with Crippen molar-refractivity contribution >= 4 is 29.0 Å². The molecule has 1 saturated heterocycles. The van der Waals surface area contributed by atoms with Crippen LogP contribution < -0.4 is 5.32 Å². The molecule has 3 aromatic heterocycles. The average Bonchev–Trinajstić information content (AvgIpc) is 3.47. The minimum atomic E-state index is -0.183. The number of hydrogen-bond donors (Lipinski definition) is 2. The van der Waals surface area contributed by atoms with Crippen LogP contribution in [0.15, 0.2) is 37.1 Å². The van der Waals surface area contributed by atoms with E-state index < -0.39 is 0 Å². The first kappa shape index (κ1) is 17.4. The third-order valence-corrected chi connectivity index (χ3v) is 5.71. The lowest BCUT2D eigenvalue weighted by Gasteiger charge is -2.24. The van der Waals surface area contributed by atoms with Crippen molar-refractivity contribution in [3.63, 3.8) is 0 Å². The van der Waals surface area contributed by atoms with Gasteiger partial charge in [0.15, 0.2) is 0 Å². The molecule has 0 spiro atoms. The number of nitrogens with zero attached hydrogens (tertiary/aromatic N) is 5. The molecule has 1 aliphatic heterocycles. The highest BCUT2D eigenvalue weighted by molar-refractivity contribution is 7.14. The summed E-state index contributed by atoms with van der Waals surface area (Å²) < 4.78 is 1.66. The molecule has 3 aromatic rings. The van der Waals surface area contributed by atoms with Crippen LogP contribution in [0.3, 0.4) is 0 Å². The van der Waals surface area contributed by atoms with Crippen molar-refractivity contribution in [2.24, 2.45) is 0 Å². The topological polar surface area (TPSA) is 109 Å². The lowest BCUT2D eigenvalue weighted by molar-refractivity contribution is -0.132. The summed E-state index contributed by atoms with van der Waals surface area (Å²) in [6, 6.07) is 5.48. The molecule has 10 heteroatoms. The molecular weight excluding hydrogens is 366 g/mol.